The molecule has 0 aliphatic carbocycles. The Morgan fingerprint density at radius 3 is 2.95 bits per heavy atom. The molecule has 0 bridgehead atoms. The normalized spacial score (nSPS) is 11.0. The van der Waals surface area contributed by atoms with Crippen molar-refractivity contribution >= 4 is 22.4 Å². The van der Waals surface area contributed by atoms with Crippen LogP contribution in [0.2, 0.25) is 5.15 Å². The van der Waals surface area contributed by atoms with E-state index < -0.39 is 0 Å². The van der Waals surface area contributed by atoms with Gasteiger partial charge in [-0.2, -0.15) is 0 Å². The van der Waals surface area contributed by atoms with E-state index in [4.69, 9.17) is 16.3 Å². The molecule has 0 unspecified atom stereocenters. The van der Waals surface area contributed by atoms with Gasteiger partial charge in [-0.25, -0.2) is 9.97 Å². The largest absolute Gasteiger partial charge is 0.374 e. The van der Waals surface area contributed by atoms with Gasteiger partial charge in [-0.3, -0.25) is 4.98 Å². The van der Waals surface area contributed by atoms with E-state index in [2.05, 4.69) is 15.0 Å². The number of hydrogen-bond donors (Lipinski definition) is 0. The van der Waals surface area contributed by atoms with Gasteiger partial charge in [-0.1, -0.05) is 29.8 Å². The lowest BCUT2D eigenvalue weighted by Gasteiger charge is -2.08. The summed E-state index contributed by atoms with van der Waals surface area (Å²) in [5.74, 6) is 0.584. The summed E-state index contributed by atoms with van der Waals surface area (Å²) >= 11 is 6.11. The Kier molecular flexibility index (Phi) is 4.08. The van der Waals surface area contributed by atoms with Crippen LogP contribution in [0.5, 0.6) is 0 Å². The topological polar surface area (TPSA) is 47.9 Å². The second kappa shape index (κ2) is 6.16. The van der Waals surface area contributed by atoms with E-state index >= 15 is 0 Å². The lowest BCUT2D eigenvalue weighted by atomic mass is 10.0. The lowest BCUT2D eigenvalue weighted by Crippen LogP contribution is -2.01. The number of aromatic nitrogens is 3. The van der Waals surface area contributed by atoms with Crippen LogP contribution >= 0.6 is 11.6 Å². The first kappa shape index (κ1) is 13.9. The summed E-state index contributed by atoms with van der Waals surface area (Å²) in [6.07, 6.45) is 3.61. The monoisotopic (exact) mass is 299 g/mol. The van der Waals surface area contributed by atoms with Crippen LogP contribution < -0.4 is 0 Å². The number of ether oxygens (including phenoxy) is 1. The van der Waals surface area contributed by atoms with E-state index in [0.717, 1.165) is 22.0 Å². The number of halogens is 1. The van der Waals surface area contributed by atoms with Gasteiger partial charge in [0.05, 0.1) is 5.69 Å². The highest BCUT2D eigenvalue weighted by Gasteiger charge is 2.09. The zero-order chi connectivity index (χ0) is 14.7. The minimum Gasteiger partial charge on any atom is -0.374 e. The first-order valence-electron chi connectivity index (χ1n) is 6.72. The fourth-order valence-electron chi connectivity index (χ4n) is 2.20. The summed E-state index contributed by atoms with van der Waals surface area (Å²) in [7, 11) is 0. The van der Waals surface area contributed by atoms with Crippen LogP contribution in [0.4, 0.5) is 0 Å². The predicted molar refractivity (Wildman–Crippen MR) is 83.1 cm³/mol. The van der Waals surface area contributed by atoms with E-state index in [1.165, 1.54) is 0 Å². The molecule has 4 nitrogen and oxygen atoms in total. The third-order valence-electron chi connectivity index (χ3n) is 3.14. The SMILES string of the molecule is CCOCc1nc(Cl)cc(-c2cccc3ccncc23)n1. The zero-order valence-corrected chi connectivity index (χ0v) is 12.3. The van der Waals surface area contributed by atoms with Gasteiger partial charge in [-0.05, 0) is 18.4 Å². The van der Waals surface area contributed by atoms with Crippen molar-refractivity contribution < 1.29 is 4.74 Å². The molecule has 0 amide bonds. The molecule has 0 aliphatic rings. The summed E-state index contributed by atoms with van der Waals surface area (Å²) in [6, 6.07) is 9.79. The molecule has 0 N–H and O–H groups in total. The van der Waals surface area contributed by atoms with Gasteiger partial charge in [0.25, 0.3) is 0 Å². The number of hydrogen-bond acceptors (Lipinski definition) is 4. The first-order chi connectivity index (χ1) is 10.3. The van der Waals surface area contributed by atoms with Gasteiger partial charge in [0, 0.05) is 36.0 Å². The smallest absolute Gasteiger partial charge is 0.156 e. The van der Waals surface area contributed by atoms with Crippen molar-refractivity contribution in [2.45, 2.75) is 13.5 Å². The maximum atomic E-state index is 6.11. The highest BCUT2D eigenvalue weighted by atomic mass is 35.5. The molecule has 3 rings (SSSR count). The Labute approximate surface area is 127 Å². The Bertz CT molecular complexity index is 771. The van der Waals surface area contributed by atoms with Crippen LogP contribution in [0.1, 0.15) is 12.7 Å². The first-order valence-corrected chi connectivity index (χ1v) is 7.10. The van der Waals surface area contributed by atoms with Gasteiger partial charge in [0.1, 0.15) is 11.8 Å². The predicted octanol–water partition coefficient (Wildman–Crippen LogP) is 3.88. The maximum absolute atomic E-state index is 6.11. The van der Waals surface area contributed by atoms with Crippen molar-refractivity contribution in [2.24, 2.45) is 0 Å². The van der Waals surface area contributed by atoms with Gasteiger partial charge in [-0.15, -0.1) is 0 Å². The van der Waals surface area contributed by atoms with Crippen molar-refractivity contribution in [2.75, 3.05) is 6.61 Å². The van der Waals surface area contributed by atoms with E-state index in [-0.39, 0.29) is 0 Å². The highest BCUT2D eigenvalue weighted by Crippen LogP contribution is 2.27. The summed E-state index contributed by atoms with van der Waals surface area (Å²) in [5.41, 5.74) is 1.77. The standard InChI is InChI=1S/C16H14ClN3O/c1-2-21-10-16-19-14(8-15(17)20-16)12-5-3-4-11-6-7-18-9-13(11)12/h3-9H,2,10H2,1H3. The molecule has 0 fully saturated rings. The highest BCUT2D eigenvalue weighted by molar-refractivity contribution is 6.29. The number of nitrogens with zero attached hydrogens (tertiary/aromatic N) is 3. The molecule has 106 valence electrons. The molecule has 3 aromatic rings. The van der Waals surface area contributed by atoms with Crippen molar-refractivity contribution in [3.05, 3.63) is 53.7 Å². The molecule has 0 atom stereocenters. The van der Waals surface area contributed by atoms with Crippen LogP contribution in [0.15, 0.2) is 42.7 Å². The van der Waals surface area contributed by atoms with Gasteiger partial charge in [0.15, 0.2) is 5.82 Å². The minimum atomic E-state index is 0.354. The second-order valence-corrected chi connectivity index (χ2v) is 4.92. The molecule has 0 saturated carbocycles. The second-order valence-electron chi connectivity index (χ2n) is 4.53. The van der Waals surface area contributed by atoms with Crippen LogP contribution in [-0.4, -0.2) is 21.6 Å². The Balaban J connectivity index is 2.12. The quantitative estimate of drug-likeness (QED) is 0.686. The molecule has 0 radical (unpaired) electrons. The van der Waals surface area contributed by atoms with Gasteiger partial charge < -0.3 is 4.74 Å². The summed E-state index contributed by atoms with van der Waals surface area (Å²) in [6.45, 7) is 2.90. The Hall–Kier alpha value is -2.04. The molecule has 2 heterocycles. The fourth-order valence-corrected chi connectivity index (χ4v) is 2.40. The molecule has 0 aliphatic heterocycles. The number of benzene rings is 1. The Morgan fingerprint density at radius 1 is 1.19 bits per heavy atom. The average Bonchev–Trinajstić information content (AvgIpc) is 2.52. The van der Waals surface area contributed by atoms with E-state index in [1.807, 2.05) is 37.4 Å². The van der Waals surface area contributed by atoms with Crippen molar-refractivity contribution in [3.63, 3.8) is 0 Å². The Morgan fingerprint density at radius 2 is 2.10 bits per heavy atom. The van der Waals surface area contributed by atoms with Crippen molar-refractivity contribution in [1.29, 1.82) is 0 Å². The number of rotatable bonds is 4. The van der Waals surface area contributed by atoms with Crippen molar-refractivity contribution in [3.8, 4) is 11.3 Å². The van der Waals surface area contributed by atoms with Gasteiger partial charge >= 0.3 is 0 Å². The van der Waals surface area contributed by atoms with E-state index in [0.29, 0.717) is 24.2 Å². The molecule has 5 heteroatoms. The third-order valence-corrected chi connectivity index (χ3v) is 3.33. The molecule has 1 aromatic carbocycles. The maximum Gasteiger partial charge on any atom is 0.156 e. The van der Waals surface area contributed by atoms with Crippen LogP contribution in [-0.2, 0) is 11.3 Å². The van der Waals surface area contributed by atoms with Gasteiger partial charge in [0.2, 0.25) is 0 Å². The molecule has 2 aromatic heterocycles. The molecular weight excluding hydrogens is 286 g/mol. The molecule has 21 heavy (non-hydrogen) atoms. The minimum absolute atomic E-state index is 0.354. The van der Waals surface area contributed by atoms with Crippen LogP contribution in [0.25, 0.3) is 22.0 Å². The zero-order valence-electron chi connectivity index (χ0n) is 11.6. The summed E-state index contributed by atoms with van der Waals surface area (Å²) < 4.78 is 5.36. The van der Waals surface area contributed by atoms with Crippen molar-refractivity contribution in [1.82, 2.24) is 15.0 Å². The average molecular weight is 300 g/mol. The number of fused-ring (bicyclic) bond motifs is 1. The van der Waals surface area contributed by atoms with E-state index in [1.54, 1.807) is 12.3 Å². The third kappa shape index (κ3) is 3.01. The van der Waals surface area contributed by atoms with Crippen LogP contribution in [0.3, 0.4) is 0 Å². The fraction of sp³-hybridized carbons (Fsp3) is 0.188. The van der Waals surface area contributed by atoms with Crippen LogP contribution in [0, 0.1) is 0 Å². The lowest BCUT2D eigenvalue weighted by molar-refractivity contribution is 0.128. The molecule has 0 spiro atoms. The number of pyridine rings is 1. The molecule has 0 saturated heterocycles. The van der Waals surface area contributed by atoms with E-state index in [9.17, 15) is 0 Å². The summed E-state index contributed by atoms with van der Waals surface area (Å²) in [4.78, 5) is 12.9. The molecular formula is C16H14ClN3O. The summed E-state index contributed by atoms with van der Waals surface area (Å²) in [5, 5.41) is 2.57.